The summed E-state index contributed by atoms with van der Waals surface area (Å²) in [5, 5.41) is 4.54. The molecule has 0 unspecified atom stereocenters. The number of nitrogens with one attached hydrogen (secondary N) is 1. The summed E-state index contributed by atoms with van der Waals surface area (Å²) in [5.74, 6) is -0.319. The SMILES string of the molecule is CC[C@H](C)NC(=O)[C@@H](Cc1ccccc1)N(Cc1ccc(Cl)c(Cl)c1)C(=O)CCc1ccccc1Cl. The zero-order valence-corrected chi connectivity index (χ0v) is 22.8. The number of carbonyl (C=O) groups is 2. The van der Waals surface area contributed by atoms with Gasteiger partial charge in [0.25, 0.3) is 0 Å². The van der Waals surface area contributed by atoms with E-state index in [0.717, 1.165) is 23.1 Å². The molecule has 0 saturated carbocycles. The molecule has 0 aliphatic rings. The van der Waals surface area contributed by atoms with Gasteiger partial charge in [-0.1, -0.05) is 96.3 Å². The summed E-state index contributed by atoms with van der Waals surface area (Å²) in [6.45, 7) is 4.20. The lowest BCUT2D eigenvalue weighted by Gasteiger charge is -2.32. The minimum Gasteiger partial charge on any atom is -0.352 e. The standard InChI is InChI=1S/C29H31Cl3N2O2/c1-3-20(2)33-29(36)27(18-21-9-5-4-6-10-21)34(19-22-13-15-25(31)26(32)17-22)28(35)16-14-23-11-7-8-12-24(23)30/h4-13,15,17,20,27H,3,14,16,18-19H2,1-2H3,(H,33,36)/t20-,27+/m0/s1. The minimum atomic E-state index is -0.699. The molecule has 0 aliphatic heterocycles. The van der Waals surface area contributed by atoms with Crippen LogP contribution in [0.1, 0.15) is 43.4 Å². The van der Waals surface area contributed by atoms with Crippen LogP contribution in [0.25, 0.3) is 0 Å². The number of halogens is 3. The summed E-state index contributed by atoms with van der Waals surface area (Å²) >= 11 is 18.7. The molecule has 0 bridgehead atoms. The fourth-order valence-corrected chi connectivity index (χ4v) is 4.47. The Morgan fingerprint density at radius 2 is 1.56 bits per heavy atom. The highest BCUT2D eigenvalue weighted by Gasteiger charge is 2.31. The smallest absolute Gasteiger partial charge is 0.243 e. The van der Waals surface area contributed by atoms with Crippen molar-refractivity contribution < 1.29 is 9.59 Å². The zero-order valence-electron chi connectivity index (χ0n) is 20.5. The molecule has 36 heavy (non-hydrogen) atoms. The Balaban J connectivity index is 1.94. The first-order chi connectivity index (χ1) is 17.3. The van der Waals surface area contributed by atoms with Gasteiger partial charge >= 0.3 is 0 Å². The number of nitrogens with zero attached hydrogens (tertiary/aromatic N) is 1. The maximum absolute atomic E-state index is 13.7. The van der Waals surface area contributed by atoms with Gasteiger partial charge in [-0.2, -0.15) is 0 Å². The quantitative estimate of drug-likeness (QED) is 0.278. The van der Waals surface area contributed by atoms with Crippen molar-refractivity contribution in [2.75, 3.05) is 0 Å². The van der Waals surface area contributed by atoms with E-state index >= 15 is 0 Å². The average Bonchev–Trinajstić information content (AvgIpc) is 2.88. The lowest BCUT2D eigenvalue weighted by molar-refractivity contribution is -0.141. The van der Waals surface area contributed by atoms with Crippen molar-refractivity contribution >= 4 is 46.6 Å². The van der Waals surface area contributed by atoms with Crippen molar-refractivity contribution in [3.05, 3.63) is 105 Å². The van der Waals surface area contributed by atoms with Gasteiger partial charge in [-0.15, -0.1) is 0 Å². The van der Waals surface area contributed by atoms with E-state index in [1.54, 1.807) is 17.0 Å². The molecule has 0 aliphatic carbocycles. The van der Waals surface area contributed by atoms with Crippen LogP contribution in [0, 0.1) is 0 Å². The average molecular weight is 546 g/mol. The van der Waals surface area contributed by atoms with Crippen LogP contribution in [0.2, 0.25) is 15.1 Å². The molecule has 190 valence electrons. The van der Waals surface area contributed by atoms with Crippen LogP contribution in [0.15, 0.2) is 72.8 Å². The van der Waals surface area contributed by atoms with Crippen LogP contribution >= 0.6 is 34.8 Å². The van der Waals surface area contributed by atoms with Gasteiger partial charge in [0.15, 0.2) is 0 Å². The minimum absolute atomic E-state index is 0.0131. The number of benzene rings is 3. The van der Waals surface area contributed by atoms with E-state index in [0.29, 0.717) is 27.9 Å². The van der Waals surface area contributed by atoms with Gasteiger partial charge in [-0.05, 0) is 54.7 Å². The molecule has 0 radical (unpaired) electrons. The number of rotatable bonds is 11. The highest BCUT2D eigenvalue weighted by atomic mass is 35.5. The van der Waals surface area contributed by atoms with Gasteiger partial charge in [-0.3, -0.25) is 9.59 Å². The molecule has 0 spiro atoms. The number of aryl methyl sites for hydroxylation is 1. The molecule has 1 N–H and O–H groups in total. The number of hydrogen-bond donors (Lipinski definition) is 1. The van der Waals surface area contributed by atoms with Crippen molar-refractivity contribution in [2.24, 2.45) is 0 Å². The lowest BCUT2D eigenvalue weighted by atomic mass is 10.0. The Kier molecular flexibility index (Phi) is 10.7. The summed E-state index contributed by atoms with van der Waals surface area (Å²) < 4.78 is 0. The molecule has 0 heterocycles. The van der Waals surface area contributed by atoms with Crippen LogP contribution in [0.3, 0.4) is 0 Å². The van der Waals surface area contributed by atoms with Gasteiger partial charge in [0.1, 0.15) is 6.04 Å². The van der Waals surface area contributed by atoms with Crippen molar-refractivity contribution in [3.63, 3.8) is 0 Å². The first-order valence-corrected chi connectivity index (χ1v) is 13.2. The van der Waals surface area contributed by atoms with Crippen LogP contribution in [-0.4, -0.2) is 28.8 Å². The Morgan fingerprint density at radius 3 is 2.22 bits per heavy atom. The van der Waals surface area contributed by atoms with Crippen molar-refractivity contribution in [1.82, 2.24) is 10.2 Å². The predicted molar refractivity (Wildman–Crippen MR) is 149 cm³/mol. The Bertz CT molecular complexity index is 1170. The second kappa shape index (κ2) is 13.7. The number of carbonyl (C=O) groups excluding carboxylic acids is 2. The summed E-state index contributed by atoms with van der Waals surface area (Å²) in [6, 6.07) is 21.8. The molecular formula is C29H31Cl3N2O2. The predicted octanol–water partition coefficient (Wildman–Crippen LogP) is 7.13. The lowest BCUT2D eigenvalue weighted by Crippen LogP contribution is -2.52. The van der Waals surface area contributed by atoms with E-state index in [-0.39, 0.29) is 30.8 Å². The molecule has 4 nitrogen and oxygen atoms in total. The van der Waals surface area contributed by atoms with Gasteiger partial charge in [-0.25, -0.2) is 0 Å². The zero-order chi connectivity index (χ0) is 26.1. The Labute approximate surface area is 228 Å². The fraction of sp³-hybridized carbons (Fsp3) is 0.310. The summed E-state index contributed by atoms with van der Waals surface area (Å²) in [7, 11) is 0. The molecule has 2 atom stereocenters. The van der Waals surface area contributed by atoms with Gasteiger partial charge in [0, 0.05) is 30.5 Å². The molecule has 0 fully saturated rings. The van der Waals surface area contributed by atoms with E-state index in [1.807, 2.05) is 74.5 Å². The number of hydrogen-bond acceptors (Lipinski definition) is 2. The first kappa shape index (κ1) is 28.0. The van der Waals surface area contributed by atoms with Crippen molar-refractivity contribution in [2.45, 2.75) is 58.2 Å². The highest BCUT2D eigenvalue weighted by Crippen LogP contribution is 2.25. The maximum Gasteiger partial charge on any atom is 0.243 e. The van der Waals surface area contributed by atoms with Crippen molar-refractivity contribution in [3.8, 4) is 0 Å². The van der Waals surface area contributed by atoms with E-state index in [9.17, 15) is 9.59 Å². The Hall–Kier alpha value is -2.53. The maximum atomic E-state index is 13.7. The first-order valence-electron chi connectivity index (χ1n) is 12.1. The van der Waals surface area contributed by atoms with E-state index < -0.39 is 6.04 Å². The molecule has 7 heteroatoms. The molecule has 0 aromatic heterocycles. The van der Waals surface area contributed by atoms with E-state index in [1.165, 1.54) is 0 Å². The normalized spacial score (nSPS) is 12.6. The van der Waals surface area contributed by atoms with Gasteiger partial charge in [0.2, 0.25) is 11.8 Å². The third-order valence-electron chi connectivity index (χ3n) is 6.18. The van der Waals surface area contributed by atoms with Crippen LogP contribution in [-0.2, 0) is 29.0 Å². The van der Waals surface area contributed by atoms with Crippen LogP contribution in [0.4, 0.5) is 0 Å². The largest absolute Gasteiger partial charge is 0.352 e. The molecule has 3 rings (SSSR count). The monoisotopic (exact) mass is 544 g/mol. The summed E-state index contributed by atoms with van der Waals surface area (Å²) in [5.41, 5.74) is 2.66. The van der Waals surface area contributed by atoms with E-state index in [4.69, 9.17) is 34.8 Å². The molecule has 3 aromatic rings. The van der Waals surface area contributed by atoms with Gasteiger partial charge in [0.05, 0.1) is 10.0 Å². The third kappa shape index (κ3) is 7.99. The van der Waals surface area contributed by atoms with Gasteiger partial charge < -0.3 is 10.2 Å². The highest BCUT2D eigenvalue weighted by molar-refractivity contribution is 6.42. The van der Waals surface area contributed by atoms with Crippen LogP contribution in [0.5, 0.6) is 0 Å². The molecular weight excluding hydrogens is 515 g/mol. The third-order valence-corrected chi connectivity index (χ3v) is 7.28. The topological polar surface area (TPSA) is 49.4 Å². The van der Waals surface area contributed by atoms with E-state index in [2.05, 4.69) is 5.32 Å². The summed E-state index contributed by atoms with van der Waals surface area (Å²) in [4.78, 5) is 28.9. The number of amides is 2. The molecule has 3 aromatic carbocycles. The molecule has 2 amide bonds. The summed E-state index contributed by atoms with van der Waals surface area (Å²) in [6.07, 6.45) is 1.87. The second-order valence-corrected chi connectivity index (χ2v) is 10.1. The second-order valence-electron chi connectivity index (χ2n) is 8.88. The molecule has 0 saturated heterocycles. The Morgan fingerprint density at radius 1 is 0.861 bits per heavy atom. The van der Waals surface area contributed by atoms with Crippen molar-refractivity contribution in [1.29, 1.82) is 0 Å². The van der Waals surface area contributed by atoms with Crippen LogP contribution < -0.4 is 5.32 Å². The fourth-order valence-electron chi connectivity index (χ4n) is 3.92.